The van der Waals surface area contributed by atoms with Gasteiger partial charge in [0.05, 0.1) is 6.54 Å². The molecule has 0 saturated carbocycles. The van der Waals surface area contributed by atoms with Gasteiger partial charge >= 0.3 is 0 Å². The average molecular weight is 511 g/mol. The van der Waals surface area contributed by atoms with E-state index in [0.717, 1.165) is 66.3 Å². The predicted molar refractivity (Wildman–Crippen MR) is 123 cm³/mol. The van der Waals surface area contributed by atoms with Crippen LogP contribution in [0.5, 0.6) is 0 Å². The Morgan fingerprint density at radius 1 is 1.41 bits per heavy atom. The quantitative estimate of drug-likeness (QED) is 0.280. The molecule has 9 heteroatoms. The first kappa shape index (κ1) is 21.5. The second-order valence-corrected chi connectivity index (χ2v) is 7.11. The van der Waals surface area contributed by atoms with Gasteiger partial charge in [-0.3, -0.25) is 4.99 Å². The molecule has 0 bridgehead atoms. The maximum absolute atomic E-state index is 13.5. The van der Waals surface area contributed by atoms with Crippen molar-refractivity contribution in [1.29, 1.82) is 0 Å². The number of hydrogen-bond donors (Lipinski definition) is 3. The van der Waals surface area contributed by atoms with Gasteiger partial charge in [-0.1, -0.05) is 6.92 Å². The summed E-state index contributed by atoms with van der Waals surface area (Å²) in [4.78, 5) is 12.1. The normalized spacial score (nSPS) is 16.4. The van der Waals surface area contributed by atoms with Crippen LogP contribution in [-0.4, -0.2) is 45.3 Å². The fourth-order valence-electron chi connectivity index (χ4n) is 3.69. The first-order valence-corrected chi connectivity index (χ1v) is 9.81. The van der Waals surface area contributed by atoms with Crippen molar-refractivity contribution in [2.45, 2.75) is 45.2 Å². The molecule has 0 amide bonds. The Morgan fingerprint density at radius 2 is 2.28 bits per heavy atom. The zero-order valence-corrected chi connectivity index (χ0v) is 19.0. The van der Waals surface area contributed by atoms with Gasteiger partial charge in [-0.25, -0.2) is 14.1 Å². The molecule has 156 valence electrons. The van der Waals surface area contributed by atoms with E-state index >= 15 is 0 Å². The van der Waals surface area contributed by atoms with E-state index in [-0.39, 0.29) is 35.8 Å². The van der Waals surface area contributed by atoms with Gasteiger partial charge in [0.25, 0.3) is 0 Å². The van der Waals surface area contributed by atoms with Gasteiger partial charge in [0, 0.05) is 49.6 Å². The molecule has 4 rings (SSSR count). The number of hydrogen-bond acceptors (Lipinski definition) is 3. The molecule has 0 aliphatic carbocycles. The highest BCUT2D eigenvalue weighted by Crippen LogP contribution is 2.19. The topological polar surface area (TPSA) is 82.9 Å². The number of nitrogens with one attached hydrogen (secondary N) is 3. The predicted octanol–water partition coefficient (Wildman–Crippen LogP) is 2.80. The smallest absolute Gasteiger partial charge is 0.191 e. The summed E-state index contributed by atoms with van der Waals surface area (Å²) in [5, 5.41) is 12.3. The van der Waals surface area contributed by atoms with Crippen LogP contribution in [0.3, 0.4) is 0 Å². The van der Waals surface area contributed by atoms with Crippen LogP contribution >= 0.6 is 24.0 Å². The van der Waals surface area contributed by atoms with Crippen LogP contribution in [0, 0.1) is 5.82 Å². The maximum atomic E-state index is 13.5. The molecule has 0 fully saturated rings. The molecule has 3 N–H and O–H groups in total. The lowest BCUT2D eigenvalue weighted by Gasteiger charge is -2.25. The average Bonchev–Trinajstić information content (AvgIpc) is 3.30. The fourth-order valence-corrected chi connectivity index (χ4v) is 3.69. The summed E-state index contributed by atoms with van der Waals surface area (Å²) in [6, 6.07) is 5.09. The highest BCUT2D eigenvalue weighted by atomic mass is 127. The molecule has 3 heterocycles. The number of fused-ring (bicyclic) bond motifs is 2. The highest BCUT2D eigenvalue weighted by molar-refractivity contribution is 14.0. The number of aryl methyl sites for hydroxylation is 2. The highest BCUT2D eigenvalue weighted by Gasteiger charge is 2.22. The third-order valence-corrected chi connectivity index (χ3v) is 5.20. The third kappa shape index (κ3) is 4.88. The van der Waals surface area contributed by atoms with Gasteiger partial charge in [-0.05, 0) is 36.6 Å². The van der Waals surface area contributed by atoms with Crippen molar-refractivity contribution in [1.82, 2.24) is 30.4 Å². The summed E-state index contributed by atoms with van der Waals surface area (Å²) in [5.41, 5.74) is 2.05. The van der Waals surface area contributed by atoms with E-state index in [1.807, 2.05) is 10.9 Å². The number of guanidine groups is 1. The number of nitrogens with zero attached hydrogens (tertiary/aromatic N) is 4. The van der Waals surface area contributed by atoms with Crippen molar-refractivity contribution >= 4 is 40.8 Å². The Labute approximate surface area is 186 Å². The van der Waals surface area contributed by atoms with Gasteiger partial charge in [-0.2, -0.15) is 5.10 Å². The van der Waals surface area contributed by atoms with E-state index < -0.39 is 0 Å². The molecule has 1 aliphatic heterocycles. The lowest BCUT2D eigenvalue weighted by Crippen LogP contribution is -2.47. The molecular formula is C20H27FIN7. The summed E-state index contributed by atoms with van der Waals surface area (Å²) in [6.45, 7) is 3.58. The lowest BCUT2D eigenvalue weighted by atomic mass is 10.1. The molecule has 0 saturated heterocycles. The lowest BCUT2D eigenvalue weighted by molar-refractivity contribution is 0.392. The van der Waals surface area contributed by atoms with Crippen molar-refractivity contribution in [3.8, 4) is 0 Å². The second-order valence-electron chi connectivity index (χ2n) is 7.11. The third-order valence-electron chi connectivity index (χ3n) is 5.20. The van der Waals surface area contributed by atoms with Crippen LogP contribution in [-0.2, 0) is 25.8 Å². The number of H-pyrrole nitrogens is 1. The van der Waals surface area contributed by atoms with Gasteiger partial charge in [0.15, 0.2) is 11.8 Å². The van der Waals surface area contributed by atoms with Crippen LogP contribution < -0.4 is 10.6 Å². The van der Waals surface area contributed by atoms with E-state index in [1.165, 1.54) is 6.07 Å². The molecule has 1 aromatic carbocycles. The van der Waals surface area contributed by atoms with Crippen LogP contribution in [0.25, 0.3) is 10.9 Å². The van der Waals surface area contributed by atoms with Gasteiger partial charge in [0.2, 0.25) is 0 Å². The summed E-state index contributed by atoms with van der Waals surface area (Å²) in [7, 11) is 1.77. The minimum atomic E-state index is -0.213. The Kier molecular flexibility index (Phi) is 7.09. The molecule has 1 unspecified atom stereocenters. The van der Waals surface area contributed by atoms with E-state index in [4.69, 9.17) is 0 Å². The van der Waals surface area contributed by atoms with E-state index in [0.29, 0.717) is 6.54 Å². The van der Waals surface area contributed by atoms with Crippen LogP contribution in [0.2, 0.25) is 0 Å². The number of aliphatic imine (C=N–C) groups is 1. The number of benzene rings is 1. The van der Waals surface area contributed by atoms with Gasteiger partial charge in [-0.15, -0.1) is 24.0 Å². The molecule has 29 heavy (non-hydrogen) atoms. The minimum absolute atomic E-state index is 0. The monoisotopic (exact) mass is 511 g/mol. The summed E-state index contributed by atoms with van der Waals surface area (Å²) < 4.78 is 15.5. The molecule has 0 radical (unpaired) electrons. The fraction of sp³-hybridized carbons (Fsp3) is 0.450. The van der Waals surface area contributed by atoms with Crippen molar-refractivity contribution in [3.63, 3.8) is 0 Å². The first-order valence-electron chi connectivity index (χ1n) is 9.81. The Morgan fingerprint density at radius 3 is 3.07 bits per heavy atom. The Hall–Kier alpha value is -2.17. The molecule has 2 aromatic heterocycles. The summed E-state index contributed by atoms with van der Waals surface area (Å²) >= 11 is 0. The SMILES string of the molecule is CCc1nc2n(n1)CC(NC(=NC)NCCc1c[nH]c3ccc(F)cc13)CC2.I. The van der Waals surface area contributed by atoms with Gasteiger partial charge in [0.1, 0.15) is 11.6 Å². The Balaban J connectivity index is 0.00000240. The molecule has 1 atom stereocenters. The summed E-state index contributed by atoms with van der Waals surface area (Å²) in [5.74, 6) is 2.54. The van der Waals surface area contributed by atoms with Crippen LogP contribution in [0.15, 0.2) is 29.4 Å². The van der Waals surface area contributed by atoms with Gasteiger partial charge < -0.3 is 15.6 Å². The zero-order valence-electron chi connectivity index (χ0n) is 16.7. The minimum Gasteiger partial charge on any atom is -0.361 e. The standard InChI is InChI=1S/C20H26FN7.HI/c1-3-18-26-19-7-5-15(12-28(19)27-18)25-20(22-2)23-9-8-13-11-24-17-6-4-14(21)10-16(13)17;/h4,6,10-11,15,24H,3,5,7-9,12H2,1-2H3,(H2,22,23,25);1H. The van der Waals surface area contributed by atoms with Crippen LogP contribution in [0.1, 0.15) is 30.6 Å². The molecule has 1 aliphatic rings. The maximum Gasteiger partial charge on any atom is 0.191 e. The largest absolute Gasteiger partial charge is 0.361 e. The molecule has 0 spiro atoms. The van der Waals surface area contributed by atoms with E-state index in [2.05, 4.69) is 37.6 Å². The van der Waals surface area contributed by atoms with E-state index in [9.17, 15) is 4.39 Å². The number of halogens is 2. The van der Waals surface area contributed by atoms with Crippen LogP contribution in [0.4, 0.5) is 4.39 Å². The van der Waals surface area contributed by atoms with Crippen molar-refractivity contribution < 1.29 is 4.39 Å². The van der Waals surface area contributed by atoms with E-state index in [1.54, 1.807) is 19.2 Å². The second kappa shape index (κ2) is 9.55. The van der Waals surface area contributed by atoms with Crippen molar-refractivity contribution in [2.75, 3.05) is 13.6 Å². The molecule has 3 aromatic rings. The number of aromatic amines is 1. The zero-order chi connectivity index (χ0) is 19.5. The molecule has 7 nitrogen and oxygen atoms in total. The summed E-state index contributed by atoms with van der Waals surface area (Å²) in [6.07, 6.45) is 5.51. The first-order chi connectivity index (χ1) is 13.7. The number of aromatic nitrogens is 4. The number of rotatable bonds is 5. The van der Waals surface area contributed by atoms with Crippen molar-refractivity contribution in [3.05, 3.63) is 47.4 Å². The molecular weight excluding hydrogens is 484 g/mol. The Bertz CT molecular complexity index is 994. The van der Waals surface area contributed by atoms with Crippen molar-refractivity contribution in [2.24, 2.45) is 4.99 Å².